The molecule has 0 bridgehead atoms. The van der Waals surface area contributed by atoms with Crippen molar-refractivity contribution in [2.24, 2.45) is 5.10 Å². The number of esters is 1. The Balaban J connectivity index is 1.78. The first-order chi connectivity index (χ1) is 11.6. The highest BCUT2D eigenvalue weighted by molar-refractivity contribution is 7.18. The van der Waals surface area contributed by atoms with E-state index in [2.05, 4.69) is 39.1 Å². The van der Waals surface area contributed by atoms with Gasteiger partial charge in [-0.3, -0.25) is 5.43 Å². The molecule has 3 rings (SSSR count). The number of nitrogens with one attached hydrogen (secondary N) is 1. The standard InChI is InChI=1S/C17H16N4O2S/c1-10-11(2)24-16-14(10)15(18-9-19-16)21-20-8-12-4-6-13(7-5-12)17(22)23-3/h4-9H,1-3H3,(H,18,19,21)/b20-8+. The molecule has 122 valence electrons. The highest BCUT2D eigenvalue weighted by Gasteiger charge is 2.11. The molecule has 0 aliphatic rings. The Morgan fingerprint density at radius 1 is 1.25 bits per heavy atom. The van der Waals surface area contributed by atoms with Crippen molar-refractivity contribution >= 4 is 39.6 Å². The average molecular weight is 340 g/mol. The number of hydrogen-bond donors (Lipinski definition) is 1. The van der Waals surface area contributed by atoms with Crippen LogP contribution in [0.15, 0.2) is 35.7 Å². The molecule has 7 heteroatoms. The Hall–Kier alpha value is -2.80. The van der Waals surface area contributed by atoms with Crippen LogP contribution in [0.25, 0.3) is 10.2 Å². The minimum absolute atomic E-state index is 0.358. The fourth-order valence-corrected chi connectivity index (χ4v) is 3.26. The maximum atomic E-state index is 11.4. The van der Waals surface area contributed by atoms with Crippen molar-refractivity contribution < 1.29 is 9.53 Å². The SMILES string of the molecule is COC(=O)c1ccc(/C=N/Nc2ncnc3sc(C)c(C)c23)cc1. The number of rotatable bonds is 4. The number of thiophene rings is 1. The van der Waals surface area contributed by atoms with Gasteiger partial charge in [-0.05, 0) is 37.1 Å². The van der Waals surface area contributed by atoms with Crippen LogP contribution in [0.2, 0.25) is 0 Å². The second-order valence-corrected chi connectivity index (χ2v) is 6.37. The molecular weight excluding hydrogens is 324 g/mol. The summed E-state index contributed by atoms with van der Waals surface area (Å²) < 4.78 is 4.67. The monoisotopic (exact) mass is 340 g/mol. The third-order valence-corrected chi connectivity index (χ3v) is 4.80. The van der Waals surface area contributed by atoms with Crippen molar-refractivity contribution in [3.63, 3.8) is 0 Å². The van der Waals surface area contributed by atoms with E-state index in [0.29, 0.717) is 11.4 Å². The molecule has 1 N–H and O–H groups in total. The van der Waals surface area contributed by atoms with Crippen molar-refractivity contribution in [3.05, 3.63) is 52.2 Å². The van der Waals surface area contributed by atoms with E-state index in [1.807, 2.05) is 0 Å². The predicted molar refractivity (Wildman–Crippen MR) is 95.9 cm³/mol. The molecule has 0 saturated carbocycles. The number of fused-ring (bicyclic) bond motifs is 1. The molecule has 2 heterocycles. The summed E-state index contributed by atoms with van der Waals surface area (Å²) >= 11 is 1.64. The van der Waals surface area contributed by atoms with Crippen LogP contribution in [0, 0.1) is 13.8 Å². The lowest BCUT2D eigenvalue weighted by Crippen LogP contribution is -2.01. The summed E-state index contributed by atoms with van der Waals surface area (Å²) in [6, 6.07) is 6.99. The Morgan fingerprint density at radius 2 is 2.00 bits per heavy atom. The molecule has 2 aromatic heterocycles. The maximum absolute atomic E-state index is 11.4. The number of aromatic nitrogens is 2. The molecule has 0 aliphatic carbocycles. The molecule has 0 radical (unpaired) electrons. The summed E-state index contributed by atoms with van der Waals surface area (Å²) in [7, 11) is 1.36. The molecule has 3 aromatic rings. The van der Waals surface area contributed by atoms with E-state index in [1.54, 1.807) is 41.8 Å². The van der Waals surface area contributed by atoms with E-state index in [-0.39, 0.29) is 5.97 Å². The Labute approximate surface area is 143 Å². The van der Waals surface area contributed by atoms with E-state index >= 15 is 0 Å². The largest absolute Gasteiger partial charge is 0.465 e. The number of carbonyl (C=O) groups excluding carboxylic acids is 1. The first kappa shape index (κ1) is 16.1. The van der Waals surface area contributed by atoms with Gasteiger partial charge in [-0.1, -0.05) is 12.1 Å². The number of carbonyl (C=O) groups is 1. The summed E-state index contributed by atoms with van der Waals surface area (Å²) in [6.07, 6.45) is 3.20. The minimum atomic E-state index is -0.358. The van der Waals surface area contributed by atoms with Crippen LogP contribution in [0.3, 0.4) is 0 Å². The van der Waals surface area contributed by atoms with E-state index in [0.717, 1.165) is 21.3 Å². The van der Waals surface area contributed by atoms with Crippen molar-refractivity contribution in [2.45, 2.75) is 13.8 Å². The molecule has 1 aromatic carbocycles. The van der Waals surface area contributed by atoms with E-state index in [9.17, 15) is 4.79 Å². The van der Waals surface area contributed by atoms with Crippen LogP contribution in [0.5, 0.6) is 0 Å². The zero-order valence-corrected chi connectivity index (χ0v) is 14.3. The summed E-state index contributed by atoms with van der Waals surface area (Å²) in [5.41, 5.74) is 5.50. The van der Waals surface area contributed by atoms with Crippen molar-refractivity contribution in [1.29, 1.82) is 0 Å². The predicted octanol–water partition coefficient (Wildman–Crippen LogP) is 3.54. The number of hydrazone groups is 1. The van der Waals surface area contributed by atoms with E-state index < -0.39 is 0 Å². The molecule has 0 atom stereocenters. The summed E-state index contributed by atoms with van der Waals surface area (Å²) in [5.74, 6) is 0.326. The third-order valence-electron chi connectivity index (χ3n) is 3.68. The van der Waals surface area contributed by atoms with Gasteiger partial charge in [0.1, 0.15) is 11.2 Å². The Morgan fingerprint density at radius 3 is 2.71 bits per heavy atom. The molecule has 0 unspecified atom stereocenters. The van der Waals surface area contributed by atoms with Gasteiger partial charge in [0.25, 0.3) is 0 Å². The quantitative estimate of drug-likeness (QED) is 0.446. The summed E-state index contributed by atoms with van der Waals surface area (Å²) in [6.45, 7) is 4.12. The first-order valence-corrected chi connectivity index (χ1v) is 8.10. The Kier molecular flexibility index (Phi) is 4.52. The molecule has 6 nitrogen and oxygen atoms in total. The van der Waals surface area contributed by atoms with Crippen LogP contribution in [-0.4, -0.2) is 29.3 Å². The highest BCUT2D eigenvalue weighted by Crippen LogP contribution is 2.32. The van der Waals surface area contributed by atoms with Gasteiger partial charge in [-0.15, -0.1) is 11.3 Å². The number of ether oxygens (including phenoxy) is 1. The molecule has 0 aliphatic heterocycles. The normalized spacial score (nSPS) is 11.1. The smallest absolute Gasteiger partial charge is 0.337 e. The fourth-order valence-electron chi connectivity index (χ4n) is 2.26. The van der Waals surface area contributed by atoms with Crippen LogP contribution in [-0.2, 0) is 4.74 Å². The van der Waals surface area contributed by atoms with Gasteiger partial charge >= 0.3 is 5.97 Å². The average Bonchev–Trinajstić information content (AvgIpc) is 2.90. The topological polar surface area (TPSA) is 76.5 Å². The Bertz CT molecular complexity index is 916. The van der Waals surface area contributed by atoms with Gasteiger partial charge in [-0.25, -0.2) is 14.8 Å². The number of methoxy groups -OCH3 is 1. The van der Waals surface area contributed by atoms with Crippen LogP contribution >= 0.6 is 11.3 Å². The number of nitrogens with zero attached hydrogens (tertiary/aromatic N) is 3. The molecule has 24 heavy (non-hydrogen) atoms. The van der Waals surface area contributed by atoms with Crippen LogP contribution in [0.1, 0.15) is 26.4 Å². The number of benzene rings is 1. The van der Waals surface area contributed by atoms with Gasteiger partial charge in [-0.2, -0.15) is 5.10 Å². The van der Waals surface area contributed by atoms with E-state index in [4.69, 9.17) is 0 Å². The van der Waals surface area contributed by atoms with E-state index in [1.165, 1.54) is 18.3 Å². The first-order valence-electron chi connectivity index (χ1n) is 7.28. The number of anilines is 1. The van der Waals surface area contributed by atoms with Gasteiger partial charge < -0.3 is 4.74 Å². The number of aryl methyl sites for hydroxylation is 2. The zero-order chi connectivity index (χ0) is 17.1. The zero-order valence-electron chi connectivity index (χ0n) is 13.5. The molecule has 0 fully saturated rings. The minimum Gasteiger partial charge on any atom is -0.465 e. The highest BCUT2D eigenvalue weighted by atomic mass is 32.1. The number of hydrogen-bond acceptors (Lipinski definition) is 7. The fraction of sp³-hybridized carbons (Fsp3) is 0.176. The summed E-state index contributed by atoms with van der Waals surface area (Å²) in [4.78, 5) is 22.1. The van der Waals surface area contributed by atoms with Gasteiger partial charge in [0.15, 0.2) is 5.82 Å². The lowest BCUT2D eigenvalue weighted by Gasteiger charge is -2.02. The molecule has 0 saturated heterocycles. The maximum Gasteiger partial charge on any atom is 0.337 e. The lowest BCUT2D eigenvalue weighted by atomic mass is 10.1. The second-order valence-electron chi connectivity index (χ2n) is 5.17. The van der Waals surface area contributed by atoms with Crippen LogP contribution in [0.4, 0.5) is 5.82 Å². The third kappa shape index (κ3) is 3.11. The van der Waals surface area contributed by atoms with Crippen LogP contribution < -0.4 is 5.43 Å². The molecule has 0 amide bonds. The molecule has 0 spiro atoms. The lowest BCUT2D eigenvalue weighted by molar-refractivity contribution is 0.0600. The summed E-state index contributed by atoms with van der Waals surface area (Å²) in [5, 5.41) is 5.23. The molecular formula is C17H16N4O2S. The van der Waals surface area contributed by atoms with Gasteiger partial charge in [0.05, 0.1) is 24.3 Å². The van der Waals surface area contributed by atoms with Crippen molar-refractivity contribution in [3.8, 4) is 0 Å². The second kappa shape index (κ2) is 6.76. The van der Waals surface area contributed by atoms with Crippen molar-refractivity contribution in [1.82, 2.24) is 9.97 Å². The van der Waals surface area contributed by atoms with Crippen molar-refractivity contribution in [2.75, 3.05) is 12.5 Å². The van der Waals surface area contributed by atoms with Gasteiger partial charge in [0, 0.05) is 4.88 Å². The van der Waals surface area contributed by atoms with Gasteiger partial charge in [0.2, 0.25) is 0 Å².